The van der Waals surface area contributed by atoms with Gasteiger partial charge in [-0.05, 0) is 44.2 Å². The standard InChI is InChI=1S/C23H27N5O2S/c1-3-4-16-6-5-15(13-24-16)20-18-7-8-19-22(31-23(26-19)25-14(2)29)21(18)28(27-20)17-9-11-30-12-10-17/h5-6,13,17H,3-4,7-12H2,1-2H3,(H,25,26,29). The SMILES string of the molecule is CCCc1ccc(-c2nn(C3CCOCC3)c3c2CCc2nc(NC(C)=O)sc2-3)cn1. The molecule has 3 aromatic heterocycles. The Morgan fingerprint density at radius 1 is 1.29 bits per heavy atom. The van der Waals surface area contributed by atoms with E-state index in [1.165, 1.54) is 12.5 Å². The molecule has 0 aromatic carbocycles. The minimum Gasteiger partial charge on any atom is -0.381 e. The maximum atomic E-state index is 11.6. The first-order chi connectivity index (χ1) is 15.1. The van der Waals surface area contributed by atoms with Gasteiger partial charge in [-0.25, -0.2) is 4.98 Å². The minimum absolute atomic E-state index is 0.0943. The molecular formula is C23H27N5O2S. The minimum atomic E-state index is -0.0943. The molecule has 31 heavy (non-hydrogen) atoms. The van der Waals surface area contributed by atoms with E-state index in [0.717, 1.165) is 85.0 Å². The predicted molar refractivity (Wildman–Crippen MR) is 121 cm³/mol. The molecule has 1 aliphatic heterocycles. The molecule has 1 aliphatic carbocycles. The van der Waals surface area contributed by atoms with Gasteiger partial charge in [-0.15, -0.1) is 0 Å². The van der Waals surface area contributed by atoms with Crippen LogP contribution in [0.15, 0.2) is 18.3 Å². The normalized spacial score (nSPS) is 16.1. The van der Waals surface area contributed by atoms with Gasteiger partial charge in [-0.1, -0.05) is 24.7 Å². The van der Waals surface area contributed by atoms with Gasteiger partial charge in [-0.2, -0.15) is 5.10 Å². The van der Waals surface area contributed by atoms with Crippen LogP contribution in [-0.2, 0) is 28.8 Å². The molecule has 4 heterocycles. The second kappa shape index (κ2) is 8.51. The summed E-state index contributed by atoms with van der Waals surface area (Å²) in [5.74, 6) is -0.0943. The van der Waals surface area contributed by atoms with E-state index >= 15 is 0 Å². The Bertz CT molecular complexity index is 1100. The van der Waals surface area contributed by atoms with E-state index < -0.39 is 0 Å². The summed E-state index contributed by atoms with van der Waals surface area (Å²) < 4.78 is 7.81. The Morgan fingerprint density at radius 3 is 2.84 bits per heavy atom. The zero-order chi connectivity index (χ0) is 21.4. The van der Waals surface area contributed by atoms with Gasteiger partial charge in [0, 0.05) is 43.2 Å². The van der Waals surface area contributed by atoms with Crippen LogP contribution in [0, 0.1) is 0 Å². The third-order valence-electron chi connectivity index (χ3n) is 5.96. The third kappa shape index (κ3) is 3.90. The van der Waals surface area contributed by atoms with Gasteiger partial charge in [0.05, 0.1) is 28.0 Å². The number of anilines is 1. The van der Waals surface area contributed by atoms with E-state index in [4.69, 9.17) is 14.8 Å². The monoisotopic (exact) mass is 437 g/mol. The highest BCUT2D eigenvalue weighted by Gasteiger charge is 2.32. The highest BCUT2D eigenvalue weighted by molar-refractivity contribution is 7.19. The van der Waals surface area contributed by atoms with Crippen molar-refractivity contribution in [1.29, 1.82) is 0 Å². The summed E-state index contributed by atoms with van der Waals surface area (Å²) in [5.41, 5.74) is 6.69. The number of amides is 1. The van der Waals surface area contributed by atoms with Crippen molar-refractivity contribution in [3.63, 3.8) is 0 Å². The average Bonchev–Trinajstić information content (AvgIpc) is 3.35. The molecule has 1 amide bonds. The van der Waals surface area contributed by atoms with E-state index in [1.54, 1.807) is 11.3 Å². The Hall–Kier alpha value is -2.58. The largest absolute Gasteiger partial charge is 0.381 e. The first-order valence-corrected chi connectivity index (χ1v) is 11.9. The number of thiazole rings is 1. The molecule has 0 radical (unpaired) electrons. The lowest BCUT2D eigenvalue weighted by molar-refractivity contribution is -0.114. The first kappa shape index (κ1) is 20.3. The van der Waals surface area contributed by atoms with E-state index in [9.17, 15) is 4.79 Å². The summed E-state index contributed by atoms with van der Waals surface area (Å²) in [6.07, 6.45) is 7.69. The summed E-state index contributed by atoms with van der Waals surface area (Å²) in [6.45, 7) is 5.21. The molecule has 162 valence electrons. The van der Waals surface area contributed by atoms with Gasteiger partial charge >= 0.3 is 0 Å². The number of nitrogens with zero attached hydrogens (tertiary/aromatic N) is 4. The lowest BCUT2D eigenvalue weighted by atomic mass is 9.95. The molecule has 2 aliphatic rings. The number of pyridine rings is 1. The molecule has 8 heteroatoms. The van der Waals surface area contributed by atoms with Crippen LogP contribution in [0.4, 0.5) is 5.13 Å². The summed E-state index contributed by atoms with van der Waals surface area (Å²) in [4.78, 5) is 22.1. The maximum Gasteiger partial charge on any atom is 0.223 e. The van der Waals surface area contributed by atoms with Crippen LogP contribution in [-0.4, -0.2) is 38.9 Å². The van der Waals surface area contributed by atoms with Crippen LogP contribution in [0.25, 0.3) is 21.8 Å². The van der Waals surface area contributed by atoms with Crippen LogP contribution < -0.4 is 5.32 Å². The number of aryl methyl sites for hydroxylation is 2. The zero-order valence-corrected chi connectivity index (χ0v) is 18.8. The van der Waals surface area contributed by atoms with Crippen LogP contribution in [0.1, 0.15) is 56.1 Å². The molecule has 7 nitrogen and oxygen atoms in total. The van der Waals surface area contributed by atoms with Gasteiger partial charge in [0.25, 0.3) is 0 Å². The number of ether oxygens (including phenoxy) is 1. The number of nitrogens with one attached hydrogen (secondary N) is 1. The Morgan fingerprint density at radius 2 is 2.13 bits per heavy atom. The highest BCUT2D eigenvalue weighted by Crippen LogP contribution is 2.45. The van der Waals surface area contributed by atoms with Crippen molar-refractivity contribution in [2.45, 2.75) is 58.4 Å². The molecule has 0 bridgehead atoms. The van der Waals surface area contributed by atoms with Crippen molar-refractivity contribution in [2.24, 2.45) is 0 Å². The molecule has 0 unspecified atom stereocenters. The van der Waals surface area contributed by atoms with Gasteiger partial charge < -0.3 is 10.1 Å². The average molecular weight is 438 g/mol. The number of hydrogen-bond acceptors (Lipinski definition) is 6. The molecule has 1 N–H and O–H groups in total. The lowest BCUT2D eigenvalue weighted by Gasteiger charge is -2.25. The lowest BCUT2D eigenvalue weighted by Crippen LogP contribution is -2.21. The fraction of sp³-hybridized carbons (Fsp3) is 0.478. The van der Waals surface area contributed by atoms with Gasteiger partial charge in [0.2, 0.25) is 5.91 Å². The Kier molecular flexibility index (Phi) is 5.58. The molecule has 0 atom stereocenters. The fourth-order valence-corrected chi connectivity index (χ4v) is 5.62. The molecule has 5 rings (SSSR count). The topological polar surface area (TPSA) is 81.9 Å². The molecule has 3 aromatic rings. The number of hydrogen-bond donors (Lipinski definition) is 1. The highest BCUT2D eigenvalue weighted by atomic mass is 32.1. The summed E-state index contributed by atoms with van der Waals surface area (Å²) in [6, 6.07) is 4.58. The second-order valence-corrected chi connectivity index (χ2v) is 9.23. The smallest absolute Gasteiger partial charge is 0.223 e. The van der Waals surface area contributed by atoms with E-state index in [2.05, 4.69) is 34.0 Å². The maximum absolute atomic E-state index is 11.6. The summed E-state index contributed by atoms with van der Waals surface area (Å²) in [5, 5.41) is 8.66. The summed E-state index contributed by atoms with van der Waals surface area (Å²) in [7, 11) is 0. The van der Waals surface area contributed by atoms with E-state index in [-0.39, 0.29) is 5.91 Å². The van der Waals surface area contributed by atoms with Crippen LogP contribution >= 0.6 is 11.3 Å². The Balaban J connectivity index is 1.61. The molecule has 0 saturated carbocycles. The van der Waals surface area contributed by atoms with E-state index in [0.29, 0.717) is 11.2 Å². The number of aromatic nitrogens is 4. The fourth-order valence-electron chi connectivity index (χ4n) is 4.49. The zero-order valence-electron chi connectivity index (χ0n) is 18.0. The van der Waals surface area contributed by atoms with Crippen molar-refractivity contribution in [2.75, 3.05) is 18.5 Å². The molecule has 0 spiro atoms. The number of carbonyl (C=O) groups excluding carboxylic acids is 1. The van der Waals surface area contributed by atoms with Gasteiger partial charge in [0.1, 0.15) is 0 Å². The summed E-state index contributed by atoms with van der Waals surface area (Å²) >= 11 is 1.55. The Labute approximate surface area is 185 Å². The van der Waals surface area contributed by atoms with Crippen molar-refractivity contribution in [3.05, 3.63) is 35.3 Å². The number of fused-ring (bicyclic) bond motifs is 3. The van der Waals surface area contributed by atoms with Crippen molar-refractivity contribution >= 4 is 22.4 Å². The number of rotatable bonds is 5. The van der Waals surface area contributed by atoms with Gasteiger partial charge in [0.15, 0.2) is 5.13 Å². The van der Waals surface area contributed by atoms with Crippen LogP contribution in [0.3, 0.4) is 0 Å². The first-order valence-electron chi connectivity index (χ1n) is 11.1. The van der Waals surface area contributed by atoms with E-state index in [1.807, 2.05) is 6.20 Å². The molecule has 1 fully saturated rings. The predicted octanol–water partition coefficient (Wildman–Crippen LogP) is 4.43. The van der Waals surface area contributed by atoms with Gasteiger partial charge in [-0.3, -0.25) is 14.5 Å². The molecular weight excluding hydrogens is 410 g/mol. The van der Waals surface area contributed by atoms with Crippen molar-refractivity contribution < 1.29 is 9.53 Å². The second-order valence-electron chi connectivity index (χ2n) is 8.23. The van der Waals surface area contributed by atoms with Crippen LogP contribution in [0.5, 0.6) is 0 Å². The number of carbonyl (C=O) groups is 1. The van der Waals surface area contributed by atoms with Crippen molar-refractivity contribution in [3.8, 4) is 21.8 Å². The van der Waals surface area contributed by atoms with Crippen molar-refractivity contribution in [1.82, 2.24) is 19.7 Å². The quantitative estimate of drug-likeness (QED) is 0.639. The third-order valence-corrected chi connectivity index (χ3v) is 6.98. The van der Waals surface area contributed by atoms with Crippen LogP contribution in [0.2, 0.25) is 0 Å². The molecule has 1 saturated heterocycles.